The summed E-state index contributed by atoms with van der Waals surface area (Å²) >= 11 is 0. The molecule has 1 unspecified atom stereocenters. The molecule has 2 N–H and O–H groups in total. The normalized spacial score (nSPS) is 16.6. The van der Waals surface area contributed by atoms with Gasteiger partial charge in [0.25, 0.3) is 0 Å². The molecule has 8 nitrogen and oxygen atoms in total. The van der Waals surface area contributed by atoms with E-state index in [0.717, 1.165) is 37.2 Å². The number of nitrogens with one attached hydrogen (secondary N) is 2. The van der Waals surface area contributed by atoms with Crippen LogP contribution in [-0.2, 0) is 6.42 Å². The number of rotatable bonds is 9. The van der Waals surface area contributed by atoms with Crippen LogP contribution in [0.3, 0.4) is 0 Å². The third-order valence-corrected chi connectivity index (χ3v) is 4.85. The van der Waals surface area contributed by atoms with Crippen LogP contribution in [0.15, 0.2) is 32.3 Å². The topological polar surface area (TPSA) is 91.7 Å². The zero-order valence-corrected chi connectivity index (χ0v) is 17.1. The minimum Gasteiger partial charge on any atom is -0.468 e. The Morgan fingerprint density at radius 3 is 2.75 bits per heavy atom. The Kier molecular flexibility index (Phi) is 7.47. The van der Waals surface area contributed by atoms with Crippen LogP contribution in [0.1, 0.15) is 63.0 Å². The minimum atomic E-state index is 0.178. The molecule has 8 heteroatoms. The molecule has 154 valence electrons. The van der Waals surface area contributed by atoms with E-state index in [1.165, 1.54) is 12.8 Å². The Hall–Kier alpha value is -2.35. The summed E-state index contributed by atoms with van der Waals surface area (Å²) < 4.78 is 11.0. The van der Waals surface area contributed by atoms with Crippen molar-refractivity contribution in [2.75, 3.05) is 32.7 Å². The molecule has 0 amide bonds. The summed E-state index contributed by atoms with van der Waals surface area (Å²) in [6.07, 6.45) is 4.88. The average Bonchev–Trinajstić information content (AvgIpc) is 3.44. The maximum absolute atomic E-state index is 5.68. The second-order valence-electron chi connectivity index (χ2n) is 7.37. The number of furan rings is 1. The zero-order chi connectivity index (χ0) is 19.8. The van der Waals surface area contributed by atoms with Crippen LogP contribution in [0.5, 0.6) is 0 Å². The van der Waals surface area contributed by atoms with Gasteiger partial charge in [-0.25, -0.2) is 0 Å². The van der Waals surface area contributed by atoms with Crippen LogP contribution in [0, 0.1) is 0 Å². The van der Waals surface area contributed by atoms with Gasteiger partial charge in [0.15, 0.2) is 11.8 Å². The second kappa shape index (κ2) is 10.3. The van der Waals surface area contributed by atoms with Crippen LogP contribution in [0.2, 0.25) is 0 Å². The highest BCUT2D eigenvalue weighted by atomic mass is 16.5. The molecule has 1 aliphatic rings. The molecule has 1 aliphatic heterocycles. The molecule has 2 aromatic heterocycles. The number of hydrogen-bond acceptors (Lipinski definition) is 6. The summed E-state index contributed by atoms with van der Waals surface area (Å²) in [7, 11) is 0. The van der Waals surface area contributed by atoms with Gasteiger partial charge in [-0.05, 0) is 45.0 Å². The van der Waals surface area contributed by atoms with E-state index in [-0.39, 0.29) is 12.0 Å². The summed E-state index contributed by atoms with van der Waals surface area (Å²) in [6, 6.07) is 4.17. The fraction of sp³-hybridized carbons (Fsp3) is 0.650. The monoisotopic (exact) mass is 388 g/mol. The van der Waals surface area contributed by atoms with E-state index in [4.69, 9.17) is 13.9 Å². The Morgan fingerprint density at radius 1 is 1.29 bits per heavy atom. The van der Waals surface area contributed by atoms with Crippen LogP contribution >= 0.6 is 0 Å². The van der Waals surface area contributed by atoms with Crippen molar-refractivity contribution in [2.45, 2.75) is 52.0 Å². The van der Waals surface area contributed by atoms with Crippen LogP contribution in [-0.4, -0.2) is 53.7 Å². The third-order valence-electron chi connectivity index (χ3n) is 4.85. The van der Waals surface area contributed by atoms with Gasteiger partial charge >= 0.3 is 0 Å². The van der Waals surface area contributed by atoms with E-state index in [1.807, 2.05) is 12.1 Å². The molecule has 1 saturated heterocycles. The number of guanidine groups is 1. The molecular formula is C20H32N6O2. The van der Waals surface area contributed by atoms with Gasteiger partial charge in [0.1, 0.15) is 5.76 Å². The van der Waals surface area contributed by atoms with E-state index < -0.39 is 0 Å². The predicted molar refractivity (Wildman–Crippen MR) is 108 cm³/mol. The molecule has 3 rings (SSSR count). The van der Waals surface area contributed by atoms with Gasteiger partial charge in [-0.3, -0.25) is 9.89 Å². The molecule has 28 heavy (non-hydrogen) atoms. The van der Waals surface area contributed by atoms with E-state index in [2.05, 4.69) is 46.4 Å². The van der Waals surface area contributed by atoms with Crippen LogP contribution in [0.25, 0.3) is 0 Å². The van der Waals surface area contributed by atoms with Gasteiger partial charge in [0, 0.05) is 25.4 Å². The summed E-state index contributed by atoms with van der Waals surface area (Å²) in [5.74, 6) is 3.45. The van der Waals surface area contributed by atoms with Crippen molar-refractivity contribution >= 4 is 5.96 Å². The molecule has 0 aromatic carbocycles. The lowest BCUT2D eigenvalue weighted by Crippen LogP contribution is -2.39. The van der Waals surface area contributed by atoms with Crippen LogP contribution < -0.4 is 10.6 Å². The Balaban J connectivity index is 1.57. The summed E-state index contributed by atoms with van der Waals surface area (Å²) in [6.45, 7) is 10.5. The van der Waals surface area contributed by atoms with Gasteiger partial charge in [0.05, 0.1) is 18.8 Å². The lowest BCUT2D eigenvalue weighted by atomic mass is 10.2. The van der Waals surface area contributed by atoms with Crippen molar-refractivity contribution in [3.05, 3.63) is 35.9 Å². The van der Waals surface area contributed by atoms with Crippen molar-refractivity contribution in [1.29, 1.82) is 0 Å². The molecular weight excluding hydrogens is 356 g/mol. The maximum Gasteiger partial charge on any atom is 0.228 e. The Bertz CT molecular complexity index is 719. The first-order chi connectivity index (χ1) is 13.7. The number of hydrogen-bond donors (Lipinski definition) is 2. The number of nitrogens with zero attached hydrogens (tertiary/aromatic N) is 4. The number of aromatic nitrogens is 2. The SMILES string of the molecule is CCNC(=NCC(c1ccco1)N1CCCC1)NCCc1nc(C(C)C)no1. The van der Waals surface area contributed by atoms with Gasteiger partial charge in [-0.2, -0.15) is 4.98 Å². The third kappa shape index (κ3) is 5.58. The number of likely N-dealkylation sites (tertiary alicyclic amines) is 1. The molecule has 0 bridgehead atoms. The lowest BCUT2D eigenvalue weighted by molar-refractivity contribution is 0.221. The fourth-order valence-corrected chi connectivity index (χ4v) is 3.33. The highest BCUT2D eigenvalue weighted by Gasteiger charge is 2.25. The second-order valence-corrected chi connectivity index (χ2v) is 7.37. The van der Waals surface area contributed by atoms with Crippen molar-refractivity contribution < 1.29 is 8.94 Å². The predicted octanol–water partition coefficient (Wildman–Crippen LogP) is 2.72. The van der Waals surface area contributed by atoms with Gasteiger partial charge in [0.2, 0.25) is 5.89 Å². The summed E-state index contributed by atoms with van der Waals surface area (Å²) in [5, 5.41) is 10.7. The highest BCUT2D eigenvalue weighted by molar-refractivity contribution is 5.79. The first kappa shape index (κ1) is 20.4. The molecule has 0 aliphatic carbocycles. The average molecular weight is 389 g/mol. The summed E-state index contributed by atoms with van der Waals surface area (Å²) in [4.78, 5) is 11.7. The van der Waals surface area contributed by atoms with Crippen LogP contribution in [0.4, 0.5) is 0 Å². The smallest absolute Gasteiger partial charge is 0.228 e. The van der Waals surface area contributed by atoms with Crippen molar-refractivity contribution in [2.24, 2.45) is 4.99 Å². The van der Waals surface area contributed by atoms with Crippen molar-refractivity contribution in [3.63, 3.8) is 0 Å². The van der Waals surface area contributed by atoms with Gasteiger partial charge in [-0.15, -0.1) is 0 Å². The molecule has 1 fully saturated rings. The first-order valence-corrected chi connectivity index (χ1v) is 10.3. The standard InChI is InChI=1S/C20H32N6O2/c1-4-21-20(22-10-9-18-24-19(15(2)3)25-28-18)23-14-16(17-8-7-13-27-17)26-11-5-6-12-26/h7-8,13,15-16H,4-6,9-12,14H2,1-3H3,(H2,21,22,23). The Morgan fingerprint density at radius 2 is 2.11 bits per heavy atom. The Labute approximate surface area is 166 Å². The summed E-state index contributed by atoms with van der Waals surface area (Å²) in [5.41, 5.74) is 0. The molecule has 3 heterocycles. The van der Waals surface area contributed by atoms with Gasteiger partial charge < -0.3 is 19.6 Å². The zero-order valence-electron chi connectivity index (χ0n) is 17.1. The first-order valence-electron chi connectivity index (χ1n) is 10.3. The van der Waals surface area contributed by atoms with E-state index in [0.29, 0.717) is 25.4 Å². The van der Waals surface area contributed by atoms with E-state index >= 15 is 0 Å². The molecule has 0 saturated carbocycles. The molecule has 2 aromatic rings. The fourth-order valence-electron chi connectivity index (χ4n) is 3.33. The maximum atomic E-state index is 5.68. The molecule has 0 spiro atoms. The van der Waals surface area contributed by atoms with Crippen molar-refractivity contribution in [1.82, 2.24) is 25.7 Å². The van der Waals surface area contributed by atoms with E-state index in [1.54, 1.807) is 6.26 Å². The molecule has 0 radical (unpaired) electrons. The minimum absolute atomic E-state index is 0.178. The highest BCUT2D eigenvalue weighted by Crippen LogP contribution is 2.25. The lowest BCUT2D eigenvalue weighted by Gasteiger charge is -2.24. The van der Waals surface area contributed by atoms with Gasteiger partial charge in [-0.1, -0.05) is 19.0 Å². The van der Waals surface area contributed by atoms with E-state index in [9.17, 15) is 0 Å². The number of aliphatic imine (C=N–C) groups is 1. The quantitative estimate of drug-likeness (QED) is 0.504. The van der Waals surface area contributed by atoms with Crippen molar-refractivity contribution in [3.8, 4) is 0 Å². The molecule has 1 atom stereocenters. The largest absolute Gasteiger partial charge is 0.468 e.